The van der Waals surface area contributed by atoms with Crippen LogP contribution < -0.4 is 0 Å². The van der Waals surface area contributed by atoms with Crippen LogP contribution in [0.2, 0.25) is 0 Å². The highest BCUT2D eigenvalue weighted by molar-refractivity contribution is 5.74. The van der Waals surface area contributed by atoms with Gasteiger partial charge in [0.05, 0.1) is 6.61 Å². The van der Waals surface area contributed by atoms with E-state index in [-0.39, 0.29) is 25.9 Å². The van der Waals surface area contributed by atoms with Crippen LogP contribution in [-0.4, -0.2) is 89.2 Å². The maximum Gasteiger partial charge on any atom is 0.335 e. The Morgan fingerprint density at radius 2 is 0.778 bits per heavy atom. The summed E-state index contributed by atoms with van der Waals surface area (Å²) in [5.74, 6) is -3.20. The molecule has 12 nitrogen and oxygen atoms in total. The number of rotatable bonds is 54. The van der Waals surface area contributed by atoms with E-state index < -0.39 is 67.3 Å². The third-order valence-corrected chi connectivity index (χ3v) is 14.2. The van der Waals surface area contributed by atoms with Gasteiger partial charge in [-0.15, -0.1) is 0 Å². The molecule has 1 aliphatic rings. The van der Waals surface area contributed by atoms with Gasteiger partial charge in [-0.2, -0.15) is 0 Å². The van der Waals surface area contributed by atoms with Gasteiger partial charge in [0, 0.05) is 19.3 Å². The topological polar surface area (TPSA) is 175 Å². The molecule has 0 aliphatic carbocycles. The summed E-state index contributed by atoms with van der Waals surface area (Å²) in [5.41, 5.74) is 0. The molecule has 1 rings (SSSR count). The number of aliphatic carboxylic acids is 1. The maximum absolute atomic E-state index is 13.2. The molecule has 12 heteroatoms. The molecule has 1 heterocycles. The van der Waals surface area contributed by atoms with Crippen molar-refractivity contribution in [1.82, 2.24) is 0 Å². The Balaban J connectivity index is 2.69. The lowest BCUT2D eigenvalue weighted by molar-refractivity contribution is -0.301. The van der Waals surface area contributed by atoms with E-state index >= 15 is 0 Å². The molecule has 0 aromatic heterocycles. The quantitative estimate of drug-likeness (QED) is 0.0228. The van der Waals surface area contributed by atoms with Crippen LogP contribution in [0.3, 0.4) is 0 Å². The zero-order chi connectivity index (χ0) is 58.9. The fraction of sp³-hybridized carbons (Fsp3) is 0.710. The van der Waals surface area contributed by atoms with Crippen molar-refractivity contribution in [3.63, 3.8) is 0 Å². The number of carbonyl (C=O) groups excluding carboxylic acids is 3. The van der Waals surface area contributed by atoms with Crippen LogP contribution in [0.25, 0.3) is 0 Å². The van der Waals surface area contributed by atoms with E-state index in [1.807, 2.05) is 0 Å². The first-order valence-corrected chi connectivity index (χ1v) is 32.2. The van der Waals surface area contributed by atoms with E-state index in [1.165, 1.54) is 96.3 Å². The van der Waals surface area contributed by atoms with Crippen LogP contribution in [0.4, 0.5) is 0 Å². The summed E-state index contributed by atoms with van der Waals surface area (Å²) in [4.78, 5) is 51.3. The molecule has 1 fully saturated rings. The highest BCUT2D eigenvalue weighted by atomic mass is 16.7. The Morgan fingerprint density at radius 1 is 0.420 bits per heavy atom. The van der Waals surface area contributed by atoms with Crippen LogP contribution >= 0.6 is 0 Å². The lowest BCUT2D eigenvalue weighted by Crippen LogP contribution is -2.61. The standard InChI is InChI=1S/C69H114O12/c1-4-7-10-13-16-19-22-25-28-30-31-33-35-37-40-43-46-49-52-55-61(70)77-58-60(79-62(71)56-53-50-47-44-41-39-36-32-29-26-23-20-17-14-11-8-5-2)59-78-69-67(65(74)64(73)66(81-69)68(75)76)80-63(72)57-54-51-48-45-42-38-34-27-24-21-18-15-12-9-6-3/h8-9,11-12,17-18,20-21,26-27,29,34,36,39,42,45,60,64-67,69,73-74H,4-7,10,13-16,19,22-25,28,30-33,35,37-38,40-41,43-44,46-59H2,1-3H3,(H,75,76)/b11-8-,12-9-,20-17-,21-18-,29-26-,34-27-,39-36-,45-42-. The molecule has 81 heavy (non-hydrogen) atoms. The fourth-order valence-electron chi connectivity index (χ4n) is 9.29. The second-order valence-corrected chi connectivity index (χ2v) is 21.6. The third kappa shape index (κ3) is 45.8. The first-order valence-electron chi connectivity index (χ1n) is 32.2. The number of aliphatic hydroxyl groups excluding tert-OH is 2. The summed E-state index contributed by atoms with van der Waals surface area (Å²) >= 11 is 0. The highest BCUT2D eigenvalue weighted by Gasteiger charge is 2.50. The predicted octanol–water partition coefficient (Wildman–Crippen LogP) is 17.2. The van der Waals surface area contributed by atoms with Crippen molar-refractivity contribution in [2.75, 3.05) is 13.2 Å². The molecule has 0 bridgehead atoms. The third-order valence-electron chi connectivity index (χ3n) is 14.2. The second kappa shape index (κ2) is 56.1. The van der Waals surface area contributed by atoms with Gasteiger partial charge in [-0.25, -0.2) is 4.79 Å². The van der Waals surface area contributed by atoms with Crippen LogP contribution in [0.5, 0.6) is 0 Å². The lowest BCUT2D eigenvalue weighted by Gasteiger charge is -2.40. The minimum absolute atomic E-state index is 0.00203. The smallest absolute Gasteiger partial charge is 0.335 e. The molecule has 6 unspecified atom stereocenters. The van der Waals surface area contributed by atoms with Gasteiger partial charge in [-0.1, -0.05) is 246 Å². The Kier molecular flexibility index (Phi) is 51.7. The number of unbranched alkanes of at least 4 members (excludes halogenated alkanes) is 24. The molecule has 1 saturated heterocycles. The number of hydrogen-bond acceptors (Lipinski definition) is 11. The molecule has 0 aromatic carbocycles. The summed E-state index contributed by atoms with van der Waals surface area (Å²) in [6, 6.07) is 0. The molecular weight excluding hydrogens is 1020 g/mol. The molecule has 0 amide bonds. The first-order chi connectivity index (χ1) is 39.6. The van der Waals surface area contributed by atoms with Crippen molar-refractivity contribution in [2.24, 2.45) is 0 Å². The van der Waals surface area contributed by atoms with E-state index in [0.717, 1.165) is 103 Å². The number of hydrogen-bond donors (Lipinski definition) is 3. The van der Waals surface area contributed by atoms with Crippen LogP contribution in [0, 0.1) is 0 Å². The van der Waals surface area contributed by atoms with E-state index in [9.17, 15) is 34.5 Å². The Bertz CT molecular complexity index is 1780. The van der Waals surface area contributed by atoms with Crippen molar-refractivity contribution in [2.45, 2.75) is 302 Å². The maximum atomic E-state index is 13.2. The molecule has 3 N–H and O–H groups in total. The molecule has 0 radical (unpaired) electrons. The summed E-state index contributed by atoms with van der Waals surface area (Å²) in [6.45, 7) is 5.75. The van der Waals surface area contributed by atoms with E-state index in [0.29, 0.717) is 25.7 Å². The SMILES string of the molecule is CC/C=C\C/C=C\C/C=C\C/C=C\CCCCCCC(=O)OC(COC(=O)CCCCCCCCCCCCCCCCCCCCC)COC1OC(C(=O)O)C(O)C(O)C1OC(=O)CCCC/C=C\C/C=C\C/C=C\C/C=C\CC. The number of carboxylic acids is 1. The Hall–Kier alpha value is -4.36. The molecule has 0 aromatic rings. The van der Waals surface area contributed by atoms with E-state index in [4.69, 9.17) is 23.7 Å². The molecule has 1 aliphatic heterocycles. The van der Waals surface area contributed by atoms with Gasteiger partial charge < -0.3 is 39.0 Å². The zero-order valence-corrected chi connectivity index (χ0v) is 51.0. The van der Waals surface area contributed by atoms with E-state index in [1.54, 1.807) is 0 Å². The monoisotopic (exact) mass is 1130 g/mol. The number of carboxylic acid groups (broad SMARTS) is 1. The lowest BCUT2D eigenvalue weighted by atomic mass is 9.98. The molecule has 6 atom stereocenters. The molecular formula is C69H114O12. The Labute approximate surface area is 492 Å². The second-order valence-electron chi connectivity index (χ2n) is 21.6. The number of esters is 3. The molecule has 0 spiro atoms. The van der Waals surface area contributed by atoms with Crippen molar-refractivity contribution in [3.8, 4) is 0 Å². The van der Waals surface area contributed by atoms with Gasteiger partial charge >= 0.3 is 23.9 Å². The molecule has 462 valence electrons. The van der Waals surface area contributed by atoms with Crippen LogP contribution in [0.1, 0.15) is 265 Å². The van der Waals surface area contributed by atoms with Gasteiger partial charge in [0.25, 0.3) is 0 Å². The number of ether oxygens (including phenoxy) is 5. The van der Waals surface area contributed by atoms with Crippen LogP contribution in [0.15, 0.2) is 97.2 Å². The average molecular weight is 1140 g/mol. The minimum atomic E-state index is -1.93. The number of allylic oxidation sites excluding steroid dienone is 16. The summed E-state index contributed by atoms with van der Waals surface area (Å²) < 4.78 is 28.5. The molecule has 0 saturated carbocycles. The average Bonchev–Trinajstić information content (AvgIpc) is 3.52. The van der Waals surface area contributed by atoms with Gasteiger partial charge in [0.2, 0.25) is 0 Å². The largest absolute Gasteiger partial charge is 0.479 e. The first kappa shape index (κ1) is 74.7. The van der Waals surface area contributed by atoms with Crippen molar-refractivity contribution in [3.05, 3.63) is 97.2 Å². The summed E-state index contributed by atoms with van der Waals surface area (Å²) in [7, 11) is 0. The minimum Gasteiger partial charge on any atom is -0.479 e. The van der Waals surface area contributed by atoms with Gasteiger partial charge in [0.15, 0.2) is 24.6 Å². The summed E-state index contributed by atoms with van der Waals surface area (Å²) in [5, 5.41) is 31.5. The predicted molar refractivity (Wildman–Crippen MR) is 331 cm³/mol. The van der Waals surface area contributed by atoms with Crippen LogP contribution in [-0.2, 0) is 42.9 Å². The Morgan fingerprint density at radius 3 is 1.21 bits per heavy atom. The number of carbonyl (C=O) groups is 4. The zero-order valence-electron chi connectivity index (χ0n) is 51.0. The fourth-order valence-corrected chi connectivity index (χ4v) is 9.29. The van der Waals surface area contributed by atoms with Gasteiger partial charge in [-0.05, 0) is 96.3 Å². The van der Waals surface area contributed by atoms with Crippen molar-refractivity contribution in [1.29, 1.82) is 0 Å². The van der Waals surface area contributed by atoms with Gasteiger partial charge in [0.1, 0.15) is 18.8 Å². The number of aliphatic hydroxyl groups is 2. The van der Waals surface area contributed by atoms with Crippen molar-refractivity contribution >= 4 is 23.9 Å². The van der Waals surface area contributed by atoms with Gasteiger partial charge in [-0.3, -0.25) is 14.4 Å². The van der Waals surface area contributed by atoms with Crippen molar-refractivity contribution < 1.29 is 58.2 Å². The normalized spacial score (nSPS) is 18.4. The summed E-state index contributed by atoms with van der Waals surface area (Å²) in [6.07, 6.45) is 62.3. The van der Waals surface area contributed by atoms with E-state index in [2.05, 4.69) is 118 Å². The highest BCUT2D eigenvalue weighted by Crippen LogP contribution is 2.26.